The molecule has 118 valence electrons. The smallest absolute Gasteiger partial charge is 0.437 e. The maximum absolute atomic E-state index is 13.0. The topological polar surface area (TPSA) is 51.6 Å². The quantitative estimate of drug-likeness (QED) is 0.868. The van der Waals surface area contributed by atoms with Gasteiger partial charge >= 0.3 is 6.18 Å². The molecule has 22 heavy (non-hydrogen) atoms. The molecule has 0 atom stereocenters. The summed E-state index contributed by atoms with van der Waals surface area (Å²) in [6.45, 7) is 5.45. The highest BCUT2D eigenvalue weighted by atomic mass is 19.4. The second kappa shape index (κ2) is 5.75. The summed E-state index contributed by atoms with van der Waals surface area (Å²) in [4.78, 5) is 3.50. The van der Waals surface area contributed by atoms with E-state index in [0.717, 1.165) is 0 Å². The maximum Gasteiger partial charge on any atom is 0.437 e. The van der Waals surface area contributed by atoms with Crippen molar-refractivity contribution in [1.29, 1.82) is 0 Å². The average Bonchev–Trinajstić information content (AvgIpc) is 2.44. The number of aromatic hydroxyl groups is 1. The Morgan fingerprint density at radius 1 is 1.36 bits per heavy atom. The van der Waals surface area contributed by atoms with Gasteiger partial charge in [-0.25, -0.2) is 4.98 Å². The molecule has 0 spiro atoms. The number of fused-ring (bicyclic) bond motifs is 1. The molecule has 0 fully saturated rings. The third-order valence-electron chi connectivity index (χ3n) is 3.03. The van der Waals surface area contributed by atoms with Crippen LogP contribution in [0.25, 0.3) is 16.7 Å². The highest BCUT2D eigenvalue weighted by molar-refractivity contribution is 5.93. The van der Waals surface area contributed by atoms with E-state index in [-0.39, 0.29) is 28.8 Å². The molecule has 0 aliphatic carbocycles. The molecular formula is C15H14F3NO3. The third kappa shape index (κ3) is 2.79. The molecule has 2 rings (SSSR count). The predicted molar refractivity (Wildman–Crippen MR) is 75.6 cm³/mol. The number of pyridine rings is 1. The van der Waals surface area contributed by atoms with Gasteiger partial charge in [-0.05, 0) is 25.1 Å². The van der Waals surface area contributed by atoms with E-state index in [1.165, 1.54) is 25.3 Å². The lowest BCUT2D eigenvalue weighted by atomic mass is 10.0. The number of hydrogen-bond acceptors (Lipinski definition) is 4. The SMILES string of the molecule is C=C(OCC)c1c(O)c(C(F)(F)F)nc2ccc(OC)cc12. The van der Waals surface area contributed by atoms with Gasteiger partial charge in [0.25, 0.3) is 0 Å². The summed E-state index contributed by atoms with van der Waals surface area (Å²) < 4.78 is 49.3. The first-order valence-electron chi connectivity index (χ1n) is 6.39. The van der Waals surface area contributed by atoms with Crippen LogP contribution in [0.1, 0.15) is 18.2 Å². The number of hydrogen-bond donors (Lipinski definition) is 1. The van der Waals surface area contributed by atoms with Gasteiger partial charge < -0.3 is 14.6 Å². The summed E-state index contributed by atoms with van der Waals surface area (Å²) in [7, 11) is 1.43. The first-order valence-corrected chi connectivity index (χ1v) is 6.39. The van der Waals surface area contributed by atoms with Crippen LogP contribution in [0.4, 0.5) is 13.2 Å². The van der Waals surface area contributed by atoms with Crippen molar-refractivity contribution in [3.63, 3.8) is 0 Å². The van der Waals surface area contributed by atoms with Crippen LogP contribution < -0.4 is 4.74 Å². The van der Waals surface area contributed by atoms with Crippen molar-refractivity contribution in [2.24, 2.45) is 0 Å². The van der Waals surface area contributed by atoms with Gasteiger partial charge in [0.15, 0.2) is 11.4 Å². The zero-order valence-electron chi connectivity index (χ0n) is 12.0. The predicted octanol–water partition coefficient (Wildman–Crippen LogP) is 3.98. The standard InChI is InChI=1S/C15H14F3NO3/c1-4-22-8(2)12-10-7-9(21-3)5-6-11(10)19-14(13(12)20)15(16,17)18/h5-7,20H,2,4H2,1,3H3. The summed E-state index contributed by atoms with van der Waals surface area (Å²) >= 11 is 0. The Balaban J connectivity index is 2.84. The van der Waals surface area contributed by atoms with Crippen LogP contribution in [0, 0.1) is 0 Å². The molecule has 1 N–H and O–H groups in total. The number of halogens is 3. The molecule has 0 bridgehead atoms. The number of alkyl halides is 3. The summed E-state index contributed by atoms with van der Waals surface area (Å²) in [5, 5.41) is 10.3. The molecule has 0 saturated heterocycles. The molecule has 0 saturated carbocycles. The molecule has 1 heterocycles. The van der Waals surface area contributed by atoms with Crippen molar-refractivity contribution in [3.8, 4) is 11.5 Å². The molecule has 2 aromatic rings. The molecule has 0 aliphatic heterocycles. The second-order valence-corrected chi connectivity index (χ2v) is 4.42. The van der Waals surface area contributed by atoms with Crippen molar-refractivity contribution in [1.82, 2.24) is 4.98 Å². The summed E-state index contributed by atoms with van der Waals surface area (Å²) in [6, 6.07) is 4.34. The van der Waals surface area contributed by atoms with Crippen LogP contribution in [0.3, 0.4) is 0 Å². The summed E-state index contributed by atoms with van der Waals surface area (Å²) in [5.74, 6) is -0.656. The molecule has 0 amide bonds. The third-order valence-corrected chi connectivity index (χ3v) is 3.03. The first-order chi connectivity index (χ1) is 10.3. The van der Waals surface area contributed by atoms with E-state index in [1.54, 1.807) is 6.92 Å². The van der Waals surface area contributed by atoms with Crippen LogP contribution in [0.15, 0.2) is 24.8 Å². The number of rotatable bonds is 4. The zero-order chi connectivity index (χ0) is 16.5. The number of benzene rings is 1. The molecule has 4 nitrogen and oxygen atoms in total. The molecule has 0 unspecified atom stereocenters. The van der Waals surface area contributed by atoms with Crippen molar-refractivity contribution in [3.05, 3.63) is 36.0 Å². The van der Waals surface area contributed by atoms with Gasteiger partial charge in [0.05, 0.1) is 24.8 Å². The van der Waals surface area contributed by atoms with E-state index in [0.29, 0.717) is 5.75 Å². The minimum atomic E-state index is -4.79. The number of methoxy groups -OCH3 is 1. The number of aromatic nitrogens is 1. The monoisotopic (exact) mass is 313 g/mol. The molecule has 7 heteroatoms. The Bertz CT molecular complexity index is 726. The van der Waals surface area contributed by atoms with Crippen LogP contribution in [-0.4, -0.2) is 23.8 Å². The van der Waals surface area contributed by atoms with Crippen molar-refractivity contribution < 1.29 is 27.8 Å². The van der Waals surface area contributed by atoms with Gasteiger partial charge in [-0.3, -0.25) is 0 Å². The van der Waals surface area contributed by atoms with Gasteiger partial charge in [-0.1, -0.05) is 6.58 Å². The van der Waals surface area contributed by atoms with Crippen LogP contribution >= 0.6 is 0 Å². The Hall–Kier alpha value is -2.44. The van der Waals surface area contributed by atoms with E-state index >= 15 is 0 Å². The second-order valence-electron chi connectivity index (χ2n) is 4.42. The van der Waals surface area contributed by atoms with E-state index in [9.17, 15) is 18.3 Å². The van der Waals surface area contributed by atoms with Gasteiger partial charge in [-0.15, -0.1) is 0 Å². The van der Waals surface area contributed by atoms with Gasteiger partial charge in [0.1, 0.15) is 11.5 Å². The molecule has 0 aliphatic rings. The normalized spacial score (nSPS) is 11.5. The zero-order valence-corrected chi connectivity index (χ0v) is 12.0. The van der Waals surface area contributed by atoms with Crippen LogP contribution in [-0.2, 0) is 10.9 Å². The van der Waals surface area contributed by atoms with Crippen molar-refractivity contribution in [2.45, 2.75) is 13.1 Å². The van der Waals surface area contributed by atoms with Crippen LogP contribution in [0.2, 0.25) is 0 Å². The van der Waals surface area contributed by atoms with E-state index in [2.05, 4.69) is 11.6 Å². The lowest BCUT2D eigenvalue weighted by Gasteiger charge is -2.16. The Labute approximate surface area is 124 Å². The highest BCUT2D eigenvalue weighted by Gasteiger charge is 2.38. The van der Waals surface area contributed by atoms with Crippen LogP contribution in [0.5, 0.6) is 11.5 Å². The summed E-state index contributed by atoms with van der Waals surface area (Å²) in [6.07, 6.45) is -4.79. The largest absolute Gasteiger partial charge is 0.505 e. The molecule has 1 aromatic carbocycles. The fraction of sp³-hybridized carbons (Fsp3) is 0.267. The Kier molecular flexibility index (Phi) is 4.16. The first kappa shape index (κ1) is 15.9. The van der Waals surface area contributed by atoms with Gasteiger partial charge in [0, 0.05) is 5.39 Å². The molecule has 0 radical (unpaired) electrons. The Morgan fingerprint density at radius 2 is 2.05 bits per heavy atom. The summed E-state index contributed by atoms with van der Waals surface area (Å²) in [5.41, 5.74) is -1.46. The van der Waals surface area contributed by atoms with E-state index in [1.807, 2.05) is 0 Å². The van der Waals surface area contributed by atoms with E-state index in [4.69, 9.17) is 9.47 Å². The molecule has 1 aromatic heterocycles. The van der Waals surface area contributed by atoms with Crippen molar-refractivity contribution in [2.75, 3.05) is 13.7 Å². The average molecular weight is 313 g/mol. The van der Waals surface area contributed by atoms with Gasteiger partial charge in [0.2, 0.25) is 0 Å². The van der Waals surface area contributed by atoms with Gasteiger partial charge in [-0.2, -0.15) is 13.2 Å². The minimum Gasteiger partial charge on any atom is -0.505 e. The number of nitrogens with zero attached hydrogens (tertiary/aromatic N) is 1. The minimum absolute atomic E-state index is 0.0572. The van der Waals surface area contributed by atoms with E-state index < -0.39 is 17.6 Å². The Morgan fingerprint density at radius 3 is 2.59 bits per heavy atom. The number of ether oxygens (including phenoxy) is 2. The lowest BCUT2D eigenvalue weighted by molar-refractivity contribution is -0.142. The fourth-order valence-electron chi connectivity index (χ4n) is 2.09. The fourth-order valence-corrected chi connectivity index (χ4v) is 2.09. The molecular weight excluding hydrogens is 299 g/mol. The van der Waals surface area contributed by atoms with Crippen molar-refractivity contribution >= 4 is 16.7 Å². The maximum atomic E-state index is 13.0. The highest BCUT2D eigenvalue weighted by Crippen LogP contribution is 2.42. The lowest BCUT2D eigenvalue weighted by Crippen LogP contribution is -2.10.